The summed E-state index contributed by atoms with van der Waals surface area (Å²) in [5.74, 6) is 0. The van der Waals surface area contributed by atoms with Crippen LogP contribution in [-0.2, 0) is 6.42 Å². The van der Waals surface area contributed by atoms with Crippen LogP contribution in [0.5, 0.6) is 0 Å². The summed E-state index contributed by atoms with van der Waals surface area (Å²) in [6.07, 6.45) is 0.902. The lowest BCUT2D eigenvalue weighted by Crippen LogP contribution is -2.08. The summed E-state index contributed by atoms with van der Waals surface area (Å²) >= 11 is 0. The highest BCUT2D eigenvalue weighted by Gasteiger charge is 2.05. The van der Waals surface area contributed by atoms with Crippen molar-refractivity contribution >= 4 is 24.1 Å². The van der Waals surface area contributed by atoms with E-state index in [4.69, 9.17) is 9.44 Å². The van der Waals surface area contributed by atoms with Crippen molar-refractivity contribution in [1.82, 2.24) is 0 Å². The molecule has 93 valence electrons. The molecule has 1 radical (unpaired) electrons. The second-order valence-electron chi connectivity index (χ2n) is 4.81. The molecule has 0 aliphatic rings. The van der Waals surface area contributed by atoms with Gasteiger partial charge in [0, 0.05) is 5.39 Å². The quantitative estimate of drug-likeness (QED) is 0.723. The summed E-state index contributed by atoms with van der Waals surface area (Å²) in [7, 11) is 0.986. The van der Waals surface area contributed by atoms with E-state index >= 15 is 0 Å². The van der Waals surface area contributed by atoms with E-state index in [1.165, 1.54) is 16.7 Å². The second kappa shape index (κ2) is 4.94. The van der Waals surface area contributed by atoms with Crippen LogP contribution in [0.2, 0.25) is 0 Å². The molecule has 0 unspecified atom stereocenters. The molecule has 1 heterocycles. The third kappa shape index (κ3) is 2.56. The Morgan fingerprint density at radius 1 is 1.00 bits per heavy atom. The minimum Gasteiger partial charge on any atom is -0.469 e. The van der Waals surface area contributed by atoms with Crippen molar-refractivity contribution in [2.24, 2.45) is 0 Å². The molecule has 3 rings (SSSR count). The summed E-state index contributed by atoms with van der Waals surface area (Å²) in [6, 6.07) is 16.5. The highest BCUT2D eigenvalue weighted by Crippen LogP contribution is 2.18. The molecule has 0 amide bonds. The Balaban J connectivity index is 1.90. The molecular weight excluding hydrogens is 235 g/mol. The fourth-order valence-corrected chi connectivity index (χ4v) is 2.23. The normalized spacial score (nSPS) is 10.8. The van der Waals surface area contributed by atoms with Gasteiger partial charge in [0.15, 0.2) is 0 Å². The van der Waals surface area contributed by atoms with Gasteiger partial charge in [-0.15, -0.1) is 0 Å². The van der Waals surface area contributed by atoms with Gasteiger partial charge < -0.3 is 9.44 Å². The van der Waals surface area contributed by atoms with Crippen molar-refractivity contribution in [3.05, 3.63) is 65.2 Å². The summed E-state index contributed by atoms with van der Waals surface area (Å²) in [4.78, 5) is 0. The van der Waals surface area contributed by atoms with Crippen molar-refractivity contribution in [3.8, 4) is 0 Å². The molecule has 0 saturated heterocycles. The van der Waals surface area contributed by atoms with Gasteiger partial charge in [0.25, 0.3) is 0 Å². The van der Waals surface area contributed by atoms with Gasteiger partial charge in [0.05, 0.1) is 5.66 Å². The summed E-state index contributed by atoms with van der Waals surface area (Å²) in [5.41, 5.74) is 5.09. The van der Waals surface area contributed by atoms with Gasteiger partial charge in [-0.1, -0.05) is 35.9 Å². The summed E-state index contributed by atoms with van der Waals surface area (Å²) in [5, 5.41) is 9.97. The van der Waals surface area contributed by atoms with Crippen molar-refractivity contribution < 1.29 is 9.44 Å². The van der Waals surface area contributed by atoms with E-state index < -0.39 is 0 Å². The molecule has 0 bridgehead atoms. The maximum absolute atomic E-state index is 8.95. The Morgan fingerprint density at radius 2 is 1.74 bits per heavy atom. The SMILES string of the molecule is Cc1ccc(Cc2ccc3oc([B]O)cc3c2)cc1. The zero-order valence-corrected chi connectivity index (χ0v) is 10.8. The average Bonchev–Trinajstić information content (AvgIpc) is 2.83. The average molecular weight is 249 g/mol. The van der Waals surface area contributed by atoms with Crippen molar-refractivity contribution in [2.45, 2.75) is 13.3 Å². The summed E-state index contributed by atoms with van der Waals surface area (Å²) < 4.78 is 5.43. The van der Waals surface area contributed by atoms with E-state index in [2.05, 4.69) is 43.3 Å². The predicted octanol–water partition coefficient (Wildman–Crippen LogP) is 2.57. The van der Waals surface area contributed by atoms with Gasteiger partial charge in [0.2, 0.25) is 0 Å². The highest BCUT2D eigenvalue weighted by atomic mass is 16.3. The second-order valence-corrected chi connectivity index (χ2v) is 4.81. The fourth-order valence-electron chi connectivity index (χ4n) is 2.23. The largest absolute Gasteiger partial charge is 0.469 e. The number of fused-ring (bicyclic) bond motifs is 1. The number of benzene rings is 2. The Labute approximate surface area is 113 Å². The van der Waals surface area contributed by atoms with Crippen LogP contribution in [0.15, 0.2) is 52.9 Å². The van der Waals surface area contributed by atoms with Gasteiger partial charge in [-0.25, -0.2) is 0 Å². The molecule has 3 aromatic rings. The van der Waals surface area contributed by atoms with Crippen LogP contribution in [0.1, 0.15) is 16.7 Å². The van der Waals surface area contributed by atoms with E-state index in [0.717, 1.165) is 24.9 Å². The van der Waals surface area contributed by atoms with Gasteiger partial charge in [-0.05, 0) is 42.7 Å². The number of hydrogen-bond donors (Lipinski definition) is 1. The number of rotatable bonds is 3. The molecular formula is C16H14BO2. The molecule has 3 heteroatoms. The smallest absolute Gasteiger partial charge is 0.373 e. The third-order valence-corrected chi connectivity index (χ3v) is 3.26. The lowest BCUT2D eigenvalue weighted by atomic mass is 9.97. The zero-order valence-electron chi connectivity index (χ0n) is 10.8. The molecule has 0 aliphatic heterocycles. The first-order valence-corrected chi connectivity index (χ1v) is 6.30. The molecule has 19 heavy (non-hydrogen) atoms. The van der Waals surface area contributed by atoms with Crippen LogP contribution in [0.3, 0.4) is 0 Å². The Hall–Kier alpha value is -2.00. The lowest BCUT2D eigenvalue weighted by Gasteiger charge is -2.02. The van der Waals surface area contributed by atoms with Crippen LogP contribution < -0.4 is 5.66 Å². The maximum atomic E-state index is 8.95. The Morgan fingerprint density at radius 3 is 2.47 bits per heavy atom. The predicted molar refractivity (Wildman–Crippen MR) is 77.8 cm³/mol. The number of hydrogen-bond acceptors (Lipinski definition) is 2. The molecule has 1 N–H and O–H groups in total. The van der Waals surface area contributed by atoms with Gasteiger partial charge >= 0.3 is 7.48 Å². The molecule has 0 fully saturated rings. The summed E-state index contributed by atoms with van der Waals surface area (Å²) in [6.45, 7) is 2.09. The minimum atomic E-state index is 0.488. The van der Waals surface area contributed by atoms with Crippen LogP contribution >= 0.6 is 0 Å². The van der Waals surface area contributed by atoms with E-state index in [1.807, 2.05) is 12.1 Å². The maximum Gasteiger partial charge on any atom is 0.373 e. The van der Waals surface area contributed by atoms with E-state index in [0.29, 0.717) is 5.66 Å². The van der Waals surface area contributed by atoms with Gasteiger partial charge in [-0.3, -0.25) is 0 Å². The first-order valence-electron chi connectivity index (χ1n) is 6.30. The van der Waals surface area contributed by atoms with Crippen molar-refractivity contribution in [3.63, 3.8) is 0 Å². The van der Waals surface area contributed by atoms with Crippen LogP contribution in [0.25, 0.3) is 11.0 Å². The number of furan rings is 1. The molecule has 0 saturated carbocycles. The van der Waals surface area contributed by atoms with E-state index in [9.17, 15) is 0 Å². The topological polar surface area (TPSA) is 33.4 Å². The number of aryl methyl sites for hydroxylation is 1. The molecule has 0 aliphatic carbocycles. The van der Waals surface area contributed by atoms with Crippen molar-refractivity contribution in [1.29, 1.82) is 0 Å². The first kappa shape index (κ1) is 12.1. The third-order valence-electron chi connectivity index (χ3n) is 3.26. The Bertz CT molecular complexity index is 698. The van der Waals surface area contributed by atoms with Gasteiger partial charge in [-0.2, -0.15) is 0 Å². The van der Waals surface area contributed by atoms with Crippen molar-refractivity contribution in [2.75, 3.05) is 0 Å². The van der Waals surface area contributed by atoms with E-state index in [1.54, 1.807) is 0 Å². The van der Waals surface area contributed by atoms with Crippen LogP contribution in [-0.4, -0.2) is 12.5 Å². The molecule has 1 aromatic heterocycles. The first-order chi connectivity index (χ1) is 9.24. The highest BCUT2D eigenvalue weighted by molar-refractivity contribution is 6.44. The van der Waals surface area contributed by atoms with Crippen LogP contribution in [0, 0.1) is 6.92 Å². The van der Waals surface area contributed by atoms with Gasteiger partial charge in [0.1, 0.15) is 5.58 Å². The van der Waals surface area contributed by atoms with Crippen LogP contribution in [0.4, 0.5) is 0 Å². The van der Waals surface area contributed by atoms with E-state index in [-0.39, 0.29) is 0 Å². The standard InChI is InChI=1S/C16H14BO2/c1-11-2-4-12(5-3-11)8-13-6-7-15-14(9-13)10-16(17-18)19-15/h2-7,9-10,18H,8H2,1H3. The molecule has 0 spiro atoms. The zero-order chi connectivity index (χ0) is 13.2. The monoisotopic (exact) mass is 249 g/mol. The fraction of sp³-hybridized carbons (Fsp3) is 0.125. The minimum absolute atomic E-state index is 0.488. The molecule has 0 atom stereocenters. The molecule has 2 aromatic carbocycles. The molecule has 2 nitrogen and oxygen atoms in total. The lowest BCUT2D eigenvalue weighted by molar-refractivity contribution is 0.584. The Kier molecular flexibility index (Phi) is 3.14.